The molecule has 0 spiro atoms. The first-order valence-electron chi connectivity index (χ1n) is 8.16. The smallest absolute Gasteiger partial charge is 0.286 e. The lowest BCUT2D eigenvalue weighted by molar-refractivity contribution is -0.144. The number of halogens is 13. The highest BCUT2D eigenvalue weighted by atomic mass is 35.5. The van der Waals surface area contributed by atoms with Crippen molar-refractivity contribution in [1.82, 2.24) is 19.6 Å². The molecule has 5 nitrogen and oxygen atoms in total. The molecule has 1 aromatic carbocycles. The summed E-state index contributed by atoms with van der Waals surface area (Å²) in [6.07, 6.45) is -10.5. The summed E-state index contributed by atoms with van der Waals surface area (Å²) in [6, 6.07) is 0.212. The number of rotatable bonds is 5. The summed E-state index contributed by atoms with van der Waals surface area (Å²) in [7, 11) is 0. The average molecular weight is 583 g/mol. The Balaban J connectivity index is 2.49. The van der Waals surface area contributed by atoms with Gasteiger partial charge in [-0.2, -0.15) is 45.2 Å². The molecule has 0 unspecified atom stereocenters. The summed E-state index contributed by atoms with van der Waals surface area (Å²) in [5, 5.41) is 1.89. The lowest BCUT2D eigenvalue weighted by Gasteiger charge is -2.28. The molecule has 0 aliphatic rings. The first-order valence-corrected chi connectivity index (χ1v) is 10.1. The fourth-order valence-electron chi connectivity index (χ4n) is 2.64. The molecule has 186 valence electrons. The van der Waals surface area contributed by atoms with Gasteiger partial charge in [0.1, 0.15) is 29.1 Å². The van der Waals surface area contributed by atoms with E-state index in [1.165, 1.54) is 0 Å². The summed E-state index contributed by atoms with van der Waals surface area (Å²) < 4.78 is 132. The van der Waals surface area contributed by atoms with Gasteiger partial charge in [0.05, 0.1) is 11.1 Å². The van der Waals surface area contributed by atoms with E-state index in [0.29, 0.717) is 0 Å². The van der Waals surface area contributed by atoms with Gasteiger partial charge in [-0.05, 0) is 0 Å². The lowest BCUT2D eigenvalue weighted by Crippen LogP contribution is -2.33. The highest BCUT2D eigenvalue weighted by Gasteiger charge is 2.42. The number of hydrogen-bond acceptors (Lipinski definition) is 5. The minimum absolute atomic E-state index is 0.0233. The van der Waals surface area contributed by atoms with Gasteiger partial charge in [0, 0.05) is 24.1 Å². The van der Waals surface area contributed by atoms with Gasteiger partial charge in [-0.1, -0.05) is 34.8 Å². The lowest BCUT2D eigenvalue weighted by atomic mass is 10.1. The predicted molar refractivity (Wildman–Crippen MR) is 103 cm³/mol. The predicted octanol–water partition coefficient (Wildman–Crippen LogP) is 6.96. The largest absolute Gasteiger partial charge is 0.453 e. The number of anilines is 1. The zero-order valence-corrected chi connectivity index (χ0v) is 18.5. The molecule has 0 radical (unpaired) electrons. The van der Waals surface area contributed by atoms with Crippen LogP contribution in [0.25, 0.3) is 16.9 Å². The molecule has 3 rings (SSSR count). The molecule has 19 heteroatoms. The Kier molecular flexibility index (Phi) is 7.02. The van der Waals surface area contributed by atoms with Gasteiger partial charge in [0.2, 0.25) is 0 Å². The quantitative estimate of drug-likeness (QED) is 0.141. The number of alkyl halides is 9. The van der Waals surface area contributed by atoms with Crippen LogP contribution in [0.1, 0.15) is 5.82 Å². The van der Waals surface area contributed by atoms with Crippen LogP contribution in [-0.4, -0.2) is 36.2 Å². The van der Waals surface area contributed by atoms with Crippen LogP contribution in [0.4, 0.5) is 49.7 Å². The molecule has 2 aromatic heterocycles. The second-order valence-corrected chi connectivity index (χ2v) is 9.41. The first-order chi connectivity index (χ1) is 15.4. The van der Waals surface area contributed by atoms with E-state index in [1.54, 1.807) is 0 Å². The van der Waals surface area contributed by atoms with Gasteiger partial charge in [0.25, 0.3) is 11.6 Å². The molecule has 0 fully saturated rings. The van der Waals surface area contributed by atoms with E-state index < -0.39 is 85.9 Å². The first kappa shape index (κ1) is 26.7. The van der Waals surface area contributed by atoms with Crippen molar-refractivity contribution in [3.63, 3.8) is 0 Å². The highest BCUT2D eigenvalue weighted by molar-refractivity contribution is 8.04. The summed E-state index contributed by atoms with van der Waals surface area (Å²) in [5.74, 6) is -9.24. The molecule has 0 amide bonds. The summed E-state index contributed by atoms with van der Waals surface area (Å²) >= 11 is 15.5. The SMILES string of the molecule is Fc1cc(F)c(-c2c(Cl)nc3nc(C(F)(F)F)nn3c2N(CC(F)(F)F)SC(F)(Cl)Cl)c(F)c1. The van der Waals surface area contributed by atoms with E-state index in [-0.39, 0.29) is 21.0 Å². The van der Waals surface area contributed by atoms with Crippen LogP contribution in [0.5, 0.6) is 0 Å². The van der Waals surface area contributed by atoms with Gasteiger partial charge in [-0.25, -0.2) is 13.2 Å². The van der Waals surface area contributed by atoms with Crippen molar-refractivity contribution in [1.29, 1.82) is 0 Å². The fourth-order valence-corrected chi connectivity index (χ4v) is 4.12. The van der Waals surface area contributed by atoms with Gasteiger partial charge in [0.15, 0.2) is 5.82 Å². The molecule has 0 atom stereocenters. The third kappa shape index (κ3) is 5.83. The molecule has 0 aliphatic carbocycles. The van der Waals surface area contributed by atoms with Crippen LogP contribution in [0.3, 0.4) is 0 Å². The minimum atomic E-state index is -5.26. The van der Waals surface area contributed by atoms with Crippen molar-refractivity contribution < 1.29 is 43.9 Å². The Labute approximate surface area is 200 Å². The normalized spacial score (nSPS) is 13.1. The highest BCUT2D eigenvalue weighted by Crippen LogP contribution is 2.47. The molecular formula is C15H4Cl3F10N5S. The van der Waals surface area contributed by atoms with Crippen molar-refractivity contribution in [2.75, 3.05) is 10.8 Å². The van der Waals surface area contributed by atoms with Gasteiger partial charge in [-0.3, -0.25) is 4.31 Å². The molecule has 3 aromatic rings. The van der Waals surface area contributed by atoms with Crippen LogP contribution >= 0.6 is 46.8 Å². The third-order valence-corrected chi connectivity index (χ3v) is 5.12. The topological polar surface area (TPSA) is 46.3 Å². The number of fused-ring (bicyclic) bond motifs is 1. The summed E-state index contributed by atoms with van der Waals surface area (Å²) in [5.41, 5.74) is -2.47. The summed E-state index contributed by atoms with van der Waals surface area (Å²) in [4.78, 5) is 6.36. The van der Waals surface area contributed by atoms with Crippen LogP contribution in [0.2, 0.25) is 5.15 Å². The molecule has 0 bridgehead atoms. The van der Waals surface area contributed by atoms with E-state index in [2.05, 4.69) is 15.1 Å². The van der Waals surface area contributed by atoms with E-state index >= 15 is 0 Å². The van der Waals surface area contributed by atoms with Crippen LogP contribution in [-0.2, 0) is 6.18 Å². The van der Waals surface area contributed by atoms with Crippen molar-refractivity contribution in [3.8, 4) is 11.1 Å². The molecule has 34 heavy (non-hydrogen) atoms. The van der Waals surface area contributed by atoms with Gasteiger partial charge in [-0.15, -0.1) is 5.10 Å². The van der Waals surface area contributed by atoms with Crippen LogP contribution < -0.4 is 4.31 Å². The molecule has 0 aliphatic heterocycles. The number of hydrogen-bond donors (Lipinski definition) is 0. The van der Waals surface area contributed by atoms with E-state index in [1.807, 2.05) is 0 Å². The fraction of sp³-hybridized carbons (Fsp3) is 0.267. The van der Waals surface area contributed by atoms with Crippen LogP contribution in [0, 0.1) is 17.5 Å². The molecular weight excluding hydrogens is 579 g/mol. The van der Waals surface area contributed by atoms with Gasteiger partial charge < -0.3 is 0 Å². The van der Waals surface area contributed by atoms with E-state index in [4.69, 9.17) is 34.8 Å². The maximum atomic E-state index is 14.5. The van der Waals surface area contributed by atoms with Crippen molar-refractivity contribution in [3.05, 3.63) is 40.6 Å². The molecule has 0 saturated carbocycles. The number of aromatic nitrogens is 4. The Bertz CT molecular complexity index is 1200. The van der Waals surface area contributed by atoms with Crippen molar-refractivity contribution in [2.45, 2.75) is 16.3 Å². The van der Waals surface area contributed by atoms with Gasteiger partial charge >= 0.3 is 16.3 Å². The zero-order valence-electron chi connectivity index (χ0n) is 15.4. The summed E-state index contributed by atoms with van der Waals surface area (Å²) in [6.45, 7) is -2.20. The standard InChI is InChI=1S/C15H4Cl3F10N5S/c16-9-8(7-5(20)1-4(19)2-6(7)21)10(32(3-13(22,23)24)34-15(17,18)28)33-12(29-9)30-11(31-33)14(25,26)27/h1-2H,3H2. The maximum Gasteiger partial charge on any atom is 0.453 e. The van der Waals surface area contributed by atoms with Crippen LogP contribution in [0.15, 0.2) is 12.1 Å². The molecule has 0 N–H and O–H groups in total. The maximum absolute atomic E-state index is 14.5. The molecule has 2 heterocycles. The minimum Gasteiger partial charge on any atom is -0.286 e. The Morgan fingerprint density at radius 1 is 0.912 bits per heavy atom. The Morgan fingerprint density at radius 2 is 1.47 bits per heavy atom. The zero-order chi connectivity index (χ0) is 25.8. The van der Waals surface area contributed by atoms with Crippen molar-refractivity contribution in [2.24, 2.45) is 0 Å². The average Bonchev–Trinajstić information content (AvgIpc) is 3.01. The number of benzene rings is 1. The third-order valence-electron chi connectivity index (χ3n) is 3.70. The monoisotopic (exact) mass is 581 g/mol. The van der Waals surface area contributed by atoms with Crippen molar-refractivity contribution >= 4 is 58.3 Å². The Hall–Kier alpha value is -1.91. The second-order valence-electron chi connectivity index (χ2n) is 6.18. The second kappa shape index (κ2) is 8.95. The van der Waals surface area contributed by atoms with E-state index in [0.717, 1.165) is 0 Å². The number of nitrogens with zero attached hydrogens (tertiary/aromatic N) is 5. The molecule has 0 saturated heterocycles. The van der Waals surface area contributed by atoms with E-state index in [9.17, 15) is 43.9 Å². The Morgan fingerprint density at radius 3 is 1.94 bits per heavy atom.